The second-order valence-corrected chi connectivity index (χ2v) is 4.47. The molecule has 0 nitrogen and oxygen atoms in total. The number of aryl methyl sites for hydroxylation is 1. The quantitative estimate of drug-likeness (QED) is 0.602. The molecule has 17 heavy (non-hydrogen) atoms. The molecule has 0 N–H and O–H groups in total. The van der Waals surface area contributed by atoms with Crippen LogP contribution in [-0.4, -0.2) is 0 Å². The average Bonchev–Trinajstić information content (AvgIpc) is 2.33. The molecule has 0 heteroatoms. The minimum absolute atomic E-state index is 0.627. The number of allylic oxidation sites excluding steroid dienone is 6. The summed E-state index contributed by atoms with van der Waals surface area (Å²) in [5.74, 6) is 0.627. The molecule has 0 aliphatic heterocycles. The van der Waals surface area contributed by atoms with E-state index in [1.807, 2.05) is 0 Å². The van der Waals surface area contributed by atoms with Gasteiger partial charge in [-0.05, 0) is 24.3 Å². The first-order chi connectivity index (χ1) is 8.29. The molecule has 0 unspecified atom stereocenters. The van der Waals surface area contributed by atoms with E-state index in [9.17, 15) is 0 Å². The number of hydrogen-bond acceptors (Lipinski definition) is 0. The van der Waals surface area contributed by atoms with Crippen molar-refractivity contribution in [2.45, 2.75) is 26.7 Å². The highest BCUT2D eigenvalue weighted by Crippen LogP contribution is 2.02. The molecule has 0 atom stereocenters. The van der Waals surface area contributed by atoms with Crippen molar-refractivity contribution in [3.63, 3.8) is 0 Å². The smallest absolute Gasteiger partial charge is 0.0244 e. The molecule has 0 saturated carbocycles. The summed E-state index contributed by atoms with van der Waals surface area (Å²) in [6, 6.07) is 10.6. The van der Waals surface area contributed by atoms with Crippen LogP contribution < -0.4 is 0 Å². The van der Waals surface area contributed by atoms with Crippen LogP contribution in [0.5, 0.6) is 0 Å². The Labute approximate surface area is 105 Å². The van der Waals surface area contributed by atoms with Crippen molar-refractivity contribution in [2.75, 3.05) is 0 Å². The van der Waals surface area contributed by atoms with Crippen molar-refractivity contribution in [3.8, 4) is 0 Å². The minimum atomic E-state index is 0.627. The van der Waals surface area contributed by atoms with Gasteiger partial charge in [0.1, 0.15) is 0 Å². The summed E-state index contributed by atoms with van der Waals surface area (Å²) in [6.45, 7) is 4.36. The largest absolute Gasteiger partial charge is 0.0842 e. The number of benzene rings is 1. The Balaban J connectivity index is 2.19. The van der Waals surface area contributed by atoms with Gasteiger partial charge in [-0.15, -0.1) is 0 Å². The van der Waals surface area contributed by atoms with Gasteiger partial charge >= 0.3 is 0 Å². The summed E-state index contributed by atoms with van der Waals surface area (Å²) in [7, 11) is 0. The third-order valence-electron chi connectivity index (χ3n) is 2.41. The lowest BCUT2D eigenvalue weighted by atomic mass is 10.1. The van der Waals surface area contributed by atoms with Gasteiger partial charge in [-0.3, -0.25) is 0 Å². The van der Waals surface area contributed by atoms with Gasteiger partial charge in [-0.25, -0.2) is 0 Å². The van der Waals surface area contributed by atoms with Crippen molar-refractivity contribution in [1.82, 2.24) is 0 Å². The van der Waals surface area contributed by atoms with Crippen molar-refractivity contribution < 1.29 is 0 Å². The van der Waals surface area contributed by atoms with Crippen molar-refractivity contribution in [3.05, 3.63) is 72.4 Å². The molecule has 0 bridgehead atoms. The molecule has 90 valence electrons. The van der Waals surface area contributed by atoms with E-state index in [1.54, 1.807) is 0 Å². The summed E-state index contributed by atoms with van der Waals surface area (Å²) in [5, 5.41) is 0. The fourth-order valence-electron chi connectivity index (χ4n) is 1.48. The predicted molar refractivity (Wildman–Crippen MR) is 77.0 cm³/mol. The normalized spacial score (nSPS) is 12.4. The number of hydrogen-bond donors (Lipinski definition) is 0. The zero-order valence-corrected chi connectivity index (χ0v) is 10.8. The van der Waals surface area contributed by atoms with E-state index < -0.39 is 0 Å². The minimum Gasteiger partial charge on any atom is -0.0842 e. The lowest BCUT2D eigenvalue weighted by Gasteiger charge is -1.95. The van der Waals surface area contributed by atoms with E-state index in [1.165, 1.54) is 5.56 Å². The Morgan fingerprint density at radius 2 is 1.65 bits per heavy atom. The number of rotatable bonds is 6. The van der Waals surface area contributed by atoms with Crippen molar-refractivity contribution >= 4 is 0 Å². The Hall–Kier alpha value is -1.56. The van der Waals surface area contributed by atoms with Crippen LogP contribution in [0.25, 0.3) is 0 Å². The Kier molecular flexibility index (Phi) is 6.81. The molecule has 1 rings (SSSR count). The first-order valence-corrected chi connectivity index (χ1v) is 6.33. The predicted octanol–water partition coefficient (Wildman–Crippen LogP) is 4.94. The maximum atomic E-state index is 2.21. The molecule has 0 aromatic heterocycles. The summed E-state index contributed by atoms with van der Waals surface area (Å²) in [4.78, 5) is 0. The highest BCUT2D eigenvalue weighted by atomic mass is 13.9. The molecule has 0 fully saturated rings. The van der Waals surface area contributed by atoms with Crippen molar-refractivity contribution in [2.24, 2.45) is 5.92 Å². The van der Waals surface area contributed by atoms with Crippen LogP contribution in [0.1, 0.15) is 25.8 Å². The van der Waals surface area contributed by atoms with Crippen LogP contribution in [0, 0.1) is 5.92 Å². The zero-order chi connectivity index (χ0) is 12.3. The van der Waals surface area contributed by atoms with Gasteiger partial charge in [-0.1, -0.05) is 80.6 Å². The molecule has 0 heterocycles. The monoisotopic (exact) mass is 226 g/mol. The van der Waals surface area contributed by atoms with E-state index in [0.29, 0.717) is 5.92 Å². The molecule has 1 aromatic carbocycles. The molecule has 0 saturated heterocycles. The first-order valence-electron chi connectivity index (χ1n) is 6.33. The van der Waals surface area contributed by atoms with E-state index in [-0.39, 0.29) is 0 Å². The molecule has 0 spiro atoms. The van der Waals surface area contributed by atoms with Crippen LogP contribution in [0.15, 0.2) is 66.8 Å². The fourth-order valence-corrected chi connectivity index (χ4v) is 1.48. The van der Waals surface area contributed by atoms with Gasteiger partial charge in [0, 0.05) is 0 Å². The molecule has 1 aromatic rings. The summed E-state index contributed by atoms with van der Waals surface area (Å²) >= 11 is 0. The molecule has 0 aliphatic rings. The zero-order valence-electron chi connectivity index (χ0n) is 10.8. The van der Waals surface area contributed by atoms with Crippen LogP contribution in [-0.2, 0) is 6.42 Å². The highest BCUT2D eigenvalue weighted by Gasteiger charge is 1.86. The van der Waals surface area contributed by atoms with Gasteiger partial charge in [-0.2, -0.15) is 0 Å². The second-order valence-electron chi connectivity index (χ2n) is 4.47. The Bertz CT molecular complexity index is 366. The van der Waals surface area contributed by atoms with Gasteiger partial charge < -0.3 is 0 Å². The van der Waals surface area contributed by atoms with Gasteiger partial charge in [0.15, 0.2) is 0 Å². The van der Waals surface area contributed by atoms with E-state index in [2.05, 4.69) is 80.6 Å². The van der Waals surface area contributed by atoms with E-state index in [4.69, 9.17) is 0 Å². The van der Waals surface area contributed by atoms with E-state index >= 15 is 0 Å². The van der Waals surface area contributed by atoms with Gasteiger partial charge in [0.2, 0.25) is 0 Å². The summed E-state index contributed by atoms with van der Waals surface area (Å²) in [6.07, 6.45) is 15.0. The van der Waals surface area contributed by atoms with Gasteiger partial charge in [0.05, 0.1) is 0 Å². The van der Waals surface area contributed by atoms with Crippen LogP contribution in [0.4, 0.5) is 0 Å². The third-order valence-corrected chi connectivity index (χ3v) is 2.41. The van der Waals surface area contributed by atoms with E-state index in [0.717, 1.165) is 12.8 Å². The maximum Gasteiger partial charge on any atom is -0.0244 e. The first kappa shape index (κ1) is 13.5. The summed E-state index contributed by atoms with van der Waals surface area (Å²) in [5.41, 5.74) is 1.40. The average molecular weight is 226 g/mol. The van der Waals surface area contributed by atoms with Crippen LogP contribution in [0.3, 0.4) is 0 Å². The van der Waals surface area contributed by atoms with Crippen LogP contribution >= 0.6 is 0 Å². The van der Waals surface area contributed by atoms with Crippen LogP contribution in [0.2, 0.25) is 0 Å². The SMILES string of the molecule is CC(C)/C=C/C=C\C=C\CCc1ccccc1. The molecule has 0 aliphatic carbocycles. The fraction of sp³-hybridized carbons (Fsp3) is 0.294. The lowest BCUT2D eigenvalue weighted by Crippen LogP contribution is -1.80. The standard InChI is InChI=1S/C17H22/c1-16(2)12-8-5-3-4-6-9-13-17-14-10-7-11-15-17/h3-8,10-12,14-16H,9,13H2,1-2H3/b5-3-,6-4+,12-8+. The summed E-state index contributed by atoms with van der Waals surface area (Å²) < 4.78 is 0. The molecule has 0 amide bonds. The molecular formula is C17H22. The van der Waals surface area contributed by atoms with Crippen molar-refractivity contribution in [1.29, 1.82) is 0 Å². The van der Waals surface area contributed by atoms with Gasteiger partial charge in [0.25, 0.3) is 0 Å². The topological polar surface area (TPSA) is 0 Å². The maximum absolute atomic E-state index is 2.21. The lowest BCUT2D eigenvalue weighted by molar-refractivity contribution is 0.832. The third kappa shape index (κ3) is 7.35. The molecule has 0 radical (unpaired) electrons. The molecular weight excluding hydrogens is 204 g/mol. The highest BCUT2D eigenvalue weighted by molar-refractivity contribution is 5.16. The Morgan fingerprint density at radius 3 is 2.35 bits per heavy atom. The Morgan fingerprint density at radius 1 is 0.941 bits per heavy atom. The second kappa shape index (κ2) is 8.58.